The zero-order chi connectivity index (χ0) is 19.9. The number of carbonyl (C=O) groups is 1. The van der Waals surface area contributed by atoms with Crippen LogP contribution in [0.2, 0.25) is 0 Å². The summed E-state index contributed by atoms with van der Waals surface area (Å²) in [5.41, 5.74) is 2.23. The van der Waals surface area contributed by atoms with Crippen LogP contribution in [0.4, 0.5) is 5.69 Å². The average molecular weight is 378 g/mol. The molecular formula is C21H18N2O5. The third kappa shape index (κ3) is 4.85. The number of ether oxygens (including phenoxy) is 1. The largest absolute Gasteiger partial charge is 0.508 e. The number of hydrogen-bond acceptors (Lipinski definition) is 5. The zero-order valence-electron chi connectivity index (χ0n) is 14.9. The van der Waals surface area contributed by atoms with Gasteiger partial charge in [-0.05, 0) is 29.3 Å². The number of carbonyl (C=O) groups excluding carboxylic acids is 1. The van der Waals surface area contributed by atoms with Gasteiger partial charge in [-0.1, -0.05) is 42.5 Å². The van der Waals surface area contributed by atoms with E-state index >= 15 is 0 Å². The van der Waals surface area contributed by atoms with Gasteiger partial charge in [-0.3, -0.25) is 14.9 Å². The van der Waals surface area contributed by atoms with Crippen LogP contribution in [0, 0.1) is 10.1 Å². The molecule has 0 aliphatic heterocycles. The SMILES string of the molecule is O=C(COc1ccc(-c2ccccc2)cc1)NCc1cc([N+](=O)[O-])ccc1O. The summed E-state index contributed by atoms with van der Waals surface area (Å²) in [5, 5.41) is 23.1. The molecule has 3 rings (SSSR count). The first-order valence-electron chi connectivity index (χ1n) is 8.54. The second-order valence-electron chi connectivity index (χ2n) is 6.03. The molecule has 1 amide bonds. The maximum atomic E-state index is 12.0. The van der Waals surface area contributed by atoms with Gasteiger partial charge in [0.15, 0.2) is 6.61 Å². The predicted octanol–water partition coefficient (Wildman–Crippen LogP) is 3.66. The van der Waals surface area contributed by atoms with Crippen molar-refractivity contribution in [2.45, 2.75) is 6.54 Å². The average Bonchev–Trinajstić information content (AvgIpc) is 2.72. The van der Waals surface area contributed by atoms with Gasteiger partial charge in [-0.25, -0.2) is 0 Å². The number of nitrogens with one attached hydrogen (secondary N) is 1. The van der Waals surface area contributed by atoms with Gasteiger partial charge in [-0.15, -0.1) is 0 Å². The molecule has 28 heavy (non-hydrogen) atoms. The Hall–Kier alpha value is -3.87. The van der Waals surface area contributed by atoms with E-state index in [9.17, 15) is 20.0 Å². The lowest BCUT2D eigenvalue weighted by Gasteiger charge is -2.09. The van der Waals surface area contributed by atoms with Gasteiger partial charge in [0, 0.05) is 24.2 Å². The Morgan fingerprint density at radius 1 is 1.00 bits per heavy atom. The lowest BCUT2D eigenvalue weighted by molar-refractivity contribution is -0.384. The summed E-state index contributed by atoms with van der Waals surface area (Å²) in [5.74, 6) is 0.0226. The molecule has 7 nitrogen and oxygen atoms in total. The van der Waals surface area contributed by atoms with Gasteiger partial charge in [0.05, 0.1) is 4.92 Å². The third-order valence-electron chi connectivity index (χ3n) is 4.08. The monoisotopic (exact) mass is 378 g/mol. The van der Waals surface area contributed by atoms with E-state index in [1.54, 1.807) is 12.1 Å². The summed E-state index contributed by atoms with van der Waals surface area (Å²) in [6.45, 7) is -0.247. The van der Waals surface area contributed by atoms with Gasteiger partial charge in [0.25, 0.3) is 11.6 Å². The van der Waals surface area contributed by atoms with E-state index in [0.29, 0.717) is 5.75 Å². The molecule has 0 fully saturated rings. The van der Waals surface area contributed by atoms with Crippen molar-refractivity contribution in [1.29, 1.82) is 0 Å². The molecule has 0 heterocycles. The Bertz CT molecular complexity index is 972. The highest BCUT2D eigenvalue weighted by Gasteiger charge is 2.11. The van der Waals surface area contributed by atoms with E-state index in [2.05, 4.69) is 5.32 Å². The van der Waals surface area contributed by atoms with Crippen molar-refractivity contribution in [3.63, 3.8) is 0 Å². The van der Waals surface area contributed by atoms with Crippen molar-refractivity contribution in [1.82, 2.24) is 5.32 Å². The Kier molecular flexibility index (Phi) is 5.86. The van der Waals surface area contributed by atoms with E-state index < -0.39 is 10.8 Å². The van der Waals surface area contributed by atoms with Crippen molar-refractivity contribution in [2.75, 3.05) is 6.61 Å². The van der Waals surface area contributed by atoms with Crippen LogP contribution in [0.15, 0.2) is 72.8 Å². The highest BCUT2D eigenvalue weighted by atomic mass is 16.6. The molecule has 3 aromatic carbocycles. The number of phenolic OH excluding ortho intramolecular Hbond substituents is 1. The normalized spacial score (nSPS) is 10.3. The molecule has 0 radical (unpaired) electrons. The van der Waals surface area contributed by atoms with Crippen LogP contribution in [0.5, 0.6) is 11.5 Å². The number of nitro groups is 1. The molecule has 142 valence electrons. The standard InChI is InChI=1S/C21H18N2O5/c24-20-11-8-18(23(26)27)12-17(20)13-22-21(25)14-28-19-9-6-16(7-10-19)15-4-2-1-3-5-15/h1-12,24H,13-14H2,(H,22,25). The topological polar surface area (TPSA) is 102 Å². The summed E-state index contributed by atoms with van der Waals surface area (Å²) in [6.07, 6.45) is 0. The Morgan fingerprint density at radius 3 is 2.36 bits per heavy atom. The Labute approximate surface area is 161 Å². The van der Waals surface area contributed by atoms with E-state index in [1.807, 2.05) is 42.5 Å². The van der Waals surface area contributed by atoms with Gasteiger partial charge >= 0.3 is 0 Å². The Balaban J connectivity index is 1.52. The molecule has 0 unspecified atom stereocenters. The molecule has 0 bridgehead atoms. The van der Waals surface area contributed by atoms with Crippen LogP contribution in [0.25, 0.3) is 11.1 Å². The number of aromatic hydroxyl groups is 1. The minimum atomic E-state index is -0.563. The molecule has 0 aliphatic rings. The third-order valence-corrected chi connectivity index (χ3v) is 4.08. The Morgan fingerprint density at radius 2 is 1.68 bits per heavy atom. The van der Waals surface area contributed by atoms with Crippen molar-refractivity contribution in [3.8, 4) is 22.6 Å². The summed E-state index contributed by atoms with van der Waals surface area (Å²) >= 11 is 0. The summed E-state index contributed by atoms with van der Waals surface area (Å²) < 4.78 is 5.46. The molecule has 0 saturated carbocycles. The lowest BCUT2D eigenvalue weighted by Crippen LogP contribution is -2.28. The fourth-order valence-corrected chi connectivity index (χ4v) is 2.60. The maximum absolute atomic E-state index is 12.0. The first-order chi connectivity index (χ1) is 13.5. The number of rotatable bonds is 7. The van der Waals surface area contributed by atoms with Crippen molar-refractivity contribution in [3.05, 3.63) is 88.5 Å². The highest BCUT2D eigenvalue weighted by molar-refractivity contribution is 5.77. The minimum Gasteiger partial charge on any atom is -0.508 e. The lowest BCUT2D eigenvalue weighted by atomic mass is 10.1. The first-order valence-corrected chi connectivity index (χ1v) is 8.54. The van der Waals surface area contributed by atoms with E-state index in [1.165, 1.54) is 18.2 Å². The molecule has 0 aromatic heterocycles. The smallest absolute Gasteiger partial charge is 0.270 e. The second-order valence-corrected chi connectivity index (χ2v) is 6.03. The molecule has 3 aromatic rings. The van der Waals surface area contributed by atoms with E-state index in [-0.39, 0.29) is 30.2 Å². The molecular weight excluding hydrogens is 360 g/mol. The fourth-order valence-electron chi connectivity index (χ4n) is 2.60. The molecule has 7 heteroatoms. The van der Waals surface area contributed by atoms with Crippen molar-refractivity contribution in [2.24, 2.45) is 0 Å². The number of nitrogens with zero attached hydrogens (tertiary/aromatic N) is 1. The van der Waals surface area contributed by atoms with E-state index in [4.69, 9.17) is 4.74 Å². The second kappa shape index (κ2) is 8.68. The summed E-state index contributed by atoms with van der Waals surface area (Å²) in [4.78, 5) is 22.2. The summed E-state index contributed by atoms with van der Waals surface area (Å²) in [7, 11) is 0. The molecule has 2 N–H and O–H groups in total. The number of amides is 1. The molecule has 0 aliphatic carbocycles. The van der Waals surface area contributed by atoms with E-state index in [0.717, 1.165) is 11.1 Å². The zero-order valence-corrected chi connectivity index (χ0v) is 14.9. The maximum Gasteiger partial charge on any atom is 0.270 e. The van der Waals surface area contributed by atoms with Crippen molar-refractivity contribution < 1.29 is 19.6 Å². The molecule has 0 atom stereocenters. The number of hydrogen-bond donors (Lipinski definition) is 2. The number of non-ortho nitro benzene ring substituents is 1. The highest BCUT2D eigenvalue weighted by Crippen LogP contribution is 2.23. The van der Waals surface area contributed by atoms with Gasteiger partial charge in [0.1, 0.15) is 11.5 Å². The quantitative estimate of drug-likeness (QED) is 0.482. The molecule has 0 saturated heterocycles. The van der Waals surface area contributed by atoms with Crippen LogP contribution in [-0.4, -0.2) is 22.5 Å². The fraction of sp³-hybridized carbons (Fsp3) is 0.0952. The molecule has 0 spiro atoms. The van der Waals surface area contributed by atoms with Crippen LogP contribution in [0.1, 0.15) is 5.56 Å². The number of phenols is 1. The van der Waals surface area contributed by atoms with Crippen LogP contribution in [-0.2, 0) is 11.3 Å². The van der Waals surface area contributed by atoms with Gasteiger partial charge < -0.3 is 15.2 Å². The predicted molar refractivity (Wildman–Crippen MR) is 104 cm³/mol. The van der Waals surface area contributed by atoms with Gasteiger partial charge in [0.2, 0.25) is 0 Å². The van der Waals surface area contributed by atoms with Crippen LogP contribution < -0.4 is 10.1 Å². The van der Waals surface area contributed by atoms with Crippen LogP contribution in [0.3, 0.4) is 0 Å². The first kappa shape index (κ1) is 18.9. The number of benzene rings is 3. The number of nitro benzene ring substituents is 1. The minimum absolute atomic E-state index is 0.0390. The summed E-state index contributed by atoms with van der Waals surface area (Å²) in [6, 6.07) is 20.9. The van der Waals surface area contributed by atoms with Crippen LogP contribution >= 0.6 is 0 Å². The van der Waals surface area contributed by atoms with Gasteiger partial charge in [-0.2, -0.15) is 0 Å². The van der Waals surface area contributed by atoms with Crippen molar-refractivity contribution >= 4 is 11.6 Å².